The Balaban J connectivity index is 1.96. The molecule has 1 aromatic carbocycles. The summed E-state index contributed by atoms with van der Waals surface area (Å²) in [7, 11) is 3.30. The van der Waals surface area contributed by atoms with Crippen molar-refractivity contribution in [1.29, 1.82) is 0 Å². The van der Waals surface area contributed by atoms with Crippen LogP contribution >= 0.6 is 0 Å². The van der Waals surface area contributed by atoms with Crippen molar-refractivity contribution >= 4 is 11.8 Å². The van der Waals surface area contributed by atoms with Gasteiger partial charge in [0.25, 0.3) is 5.91 Å². The molecule has 2 amide bonds. The van der Waals surface area contributed by atoms with Crippen molar-refractivity contribution in [3.63, 3.8) is 0 Å². The molecule has 1 aliphatic heterocycles. The van der Waals surface area contributed by atoms with Gasteiger partial charge in [-0.1, -0.05) is 12.1 Å². The van der Waals surface area contributed by atoms with Crippen LogP contribution in [0.3, 0.4) is 0 Å². The van der Waals surface area contributed by atoms with E-state index in [0.29, 0.717) is 30.8 Å². The number of nitrogens with zero attached hydrogens (tertiary/aromatic N) is 2. The number of hydrogen-bond donors (Lipinski definition) is 0. The molecule has 2 rings (SSSR count). The molecular formula is C15H20N2O3. The van der Waals surface area contributed by atoms with E-state index in [1.54, 1.807) is 31.2 Å². The maximum absolute atomic E-state index is 12.4. The Kier molecular flexibility index (Phi) is 4.61. The summed E-state index contributed by atoms with van der Waals surface area (Å²) in [6.07, 6.45) is 1.55. The predicted molar refractivity (Wildman–Crippen MR) is 75.8 cm³/mol. The molecule has 1 aliphatic rings. The van der Waals surface area contributed by atoms with Crippen LogP contribution in [0.15, 0.2) is 24.3 Å². The molecule has 0 saturated carbocycles. The van der Waals surface area contributed by atoms with E-state index >= 15 is 0 Å². The first-order chi connectivity index (χ1) is 9.63. The Bertz CT molecular complexity index is 502. The molecule has 0 N–H and O–H groups in total. The maximum atomic E-state index is 12.4. The van der Waals surface area contributed by atoms with Crippen molar-refractivity contribution in [2.45, 2.75) is 12.8 Å². The summed E-state index contributed by atoms with van der Waals surface area (Å²) in [5.74, 6) is 0.666. The molecule has 0 atom stereocenters. The highest BCUT2D eigenvalue weighted by molar-refractivity contribution is 5.96. The van der Waals surface area contributed by atoms with Crippen LogP contribution in [0.5, 0.6) is 5.75 Å². The van der Waals surface area contributed by atoms with Gasteiger partial charge in [0.05, 0.1) is 12.7 Å². The third kappa shape index (κ3) is 3.10. The van der Waals surface area contributed by atoms with Gasteiger partial charge in [-0.05, 0) is 18.6 Å². The van der Waals surface area contributed by atoms with E-state index in [9.17, 15) is 9.59 Å². The van der Waals surface area contributed by atoms with E-state index < -0.39 is 0 Å². The zero-order valence-electron chi connectivity index (χ0n) is 12.0. The summed E-state index contributed by atoms with van der Waals surface area (Å²) in [5, 5.41) is 0. The van der Waals surface area contributed by atoms with Crippen LogP contribution in [0, 0.1) is 0 Å². The number of amides is 2. The van der Waals surface area contributed by atoms with E-state index in [-0.39, 0.29) is 11.8 Å². The van der Waals surface area contributed by atoms with Gasteiger partial charge >= 0.3 is 0 Å². The van der Waals surface area contributed by atoms with Crippen LogP contribution in [0.2, 0.25) is 0 Å². The molecule has 0 aliphatic carbocycles. The van der Waals surface area contributed by atoms with E-state index in [0.717, 1.165) is 13.0 Å². The minimum Gasteiger partial charge on any atom is -0.496 e. The highest BCUT2D eigenvalue weighted by atomic mass is 16.5. The smallest absolute Gasteiger partial charge is 0.257 e. The molecule has 1 aromatic rings. The molecule has 0 bridgehead atoms. The first-order valence-corrected chi connectivity index (χ1v) is 6.79. The Labute approximate surface area is 119 Å². The van der Waals surface area contributed by atoms with E-state index in [2.05, 4.69) is 0 Å². The summed E-state index contributed by atoms with van der Waals surface area (Å²) < 4.78 is 5.20. The number of benzene rings is 1. The van der Waals surface area contributed by atoms with E-state index in [1.165, 1.54) is 0 Å². The number of ether oxygens (including phenoxy) is 1. The van der Waals surface area contributed by atoms with Gasteiger partial charge in [0.2, 0.25) is 5.91 Å². The molecule has 5 nitrogen and oxygen atoms in total. The number of carbonyl (C=O) groups is 2. The minimum atomic E-state index is -0.0888. The average molecular weight is 276 g/mol. The van der Waals surface area contributed by atoms with Crippen molar-refractivity contribution in [2.75, 3.05) is 33.8 Å². The normalized spacial score (nSPS) is 14.5. The van der Waals surface area contributed by atoms with Crippen molar-refractivity contribution in [3.05, 3.63) is 29.8 Å². The lowest BCUT2D eigenvalue weighted by Gasteiger charge is -2.22. The summed E-state index contributed by atoms with van der Waals surface area (Å²) in [5.41, 5.74) is 0.547. The second-order valence-electron chi connectivity index (χ2n) is 4.91. The average Bonchev–Trinajstić information content (AvgIpc) is 2.89. The van der Waals surface area contributed by atoms with Crippen LogP contribution in [0.25, 0.3) is 0 Å². The van der Waals surface area contributed by atoms with E-state index in [1.807, 2.05) is 17.0 Å². The second kappa shape index (κ2) is 6.41. The first-order valence-electron chi connectivity index (χ1n) is 6.79. The SMILES string of the molecule is COc1ccccc1C(=O)N(C)CCN1CCCC1=O. The molecule has 0 spiro atoms. The van der Waals surface area contributed by atoms with Gasteiger partial charge in [0.1, 0.15) is 5.75 Å². The molecule has 0 unspecified atom stereocenters. The highest BCUT2D eigenvalue weighted by Crippen LogP contribution is 2.19. The summed E-state index contributed by atoms with van der Waals surface area (Å²) in [4.78, 5) is 27.3. The van der Waals surface area contributed by atoms with Crippen LogP contribution in [0.4, 0.5) is 0 Å². The van der Waals surface area contributed by atoms with Gasteiger partial charge in [-0.3, -0.25) is 9.59 Å². The van der Waals surface area contributed by atoms with Gasteiger partial charge in [0, 0.05) is 33.1 Å². The van der Waals surface area contributed by atoms with Gasteiger partial charge < -0.3 is 14.5 Å². The molecule has 1 saturated heterocycles. The number of hydrogen-bond acceptors (Lipinski definition) is 3. The number of para-hydroxylation sites is 1. The van der Waals surface area contributed by atoms with Crippen molar-refractivity contribution in [3.8, 4) is 5.75 Å². The molecule has 5 heteroatoms. The van der Waals surface area contributed by atoms with Crippen molar-refractivity contribution in [1.82, 2.24) is 9.80 Å². The van der Waals surface area contributed by atoms with Crippen LogP contribution in [-0.2, 0) is 4.79 Å². The maximum Gasteiger partial charge on any atom is 0.257 e. The summed E-state index contributed by atoms with van der Waals surface area (Å²) in [6, 6.07) is 7.16. The zero-order valence-corrected chi connectivity index (χ0v) is 12.0. The molecule has 1 fully saturated rings. The number of carbonyl (C=O) groups excluding carboxylic acids is 2. The fourth-order valence-corrected chi connectivity index (χ4v) is 2.34. The fourth-order valence-electron chi connectivity index (χ4n) is 2.34. The molecule has 1 heterocycles. The van der Waals surface area contributed by atoms with Crippen LogP contribution in [-0.4, -0.2) is 55.4 Å². The number of rotatable bonds is 5. The summed E-state index contributed by atoms with van der Waals surface area (Å²) in [6.45, 7) is 1.92. The lowest BCUT2D eigenvalue weighted by molar-refractivity contribution is -0.127. The lowest BCUT2D eigenvalue weighted by Crippen LogP contribution is -2.37. The van der Waals surface area contributed by atoms with Gasteiger partial charge in [0.15, 0.2) is 0 Å². The molecule has 0 radical (unpaired) electrons. The highest BCUT2D eigenvalue weighted by Gasteiger charge is 2.21. The predicted octanol–water partition coefficient (Wildman–Crippen LogP) is 1.39. The fraction of sp³-hybridized carbons (Fsp3) is 0.467. The third-order valence-electron chi connectivity index (χ3n) is 3.56. The van der Waals surface area contributed by atoms with Crippen LogP contribution in [0.1, 0.15) is 23.2 Å². The Morgan fingerprint density at radius 2 is 2.15 bits per heavy atom. The van der Waals surface area contributed by atoms with Gasteiger partial charge in [-0.25, -0.2) is 0 Å². The standard InChI is InChI=1S/C15H20N2O3/c1-16(10-11-17-9-5-8-14(17)18)15(19)12-6-3-4-7-13(12)20-2/h3-4,6-7H,5,8-11H2,1-2H3. The van der Waals surface area contributed by atoms with E-state index in [4.69, 9.17) is 4.74 Å². The van der Waals surface area contributed by atoms with Gasteiger partial charge in [-0.15, -0.1) is 0 Å². The second-order valence-corrected chi connectivity index (χ2v) is 4.91. The lowest BCUT2D eigenvalue weighted by atomic mass is 10.2. The van der Waals surface area contributed by atoms with Crippen LogP contribution < -0.4 is 4.74 Å². The van der Waals surface area contributed by atoms with Crippen molar-refractivity contribution in [2.24, 2.45) is 0 Å². The quantitative estimate of drug-likeness (QED) is 0.816. The molecular weight excluding hydrogens is 256 g/mol. The minimum absolute atomic E-state index is 0.0888. The van der Waals surface area contributed by atoms with Gasteiger partial charge in [-0.2, -0.15) is 0 Å². The number of likely N-dealkylation sites (tertiary alicyclic amines) is 1. The summed E-state index contributed by atoms with van der Waals surface area (Å²) >= 11 is 0. The Morgan fingerprint density at radius 1 is 1.40 bits per heavy atom. The largest absolute Gasteiger partial charge is 0.496 e. The zero-order chi connectivity index (χ0) is 14.5. The first kappa shape index (κ1) is 14.4. The monoisotopic (exact) mass is 276 g/mol. The number of methoxy groups -OCH3 is 1. The van der Waals surface area contributed by atoms with Crippen molar-refractivity contribution < 1.29 is 14.3 Å². The molecule has 20 heavy (non-hydrogen) atoms. The Hall–Kier alpha value is -2.04. The molecule has 0 aromatic heterocycles. The number of likely N-dealkylation sites (N-methyl/N-ethyl adjacent to an activating group) is 1. The topological polar surface area (TPSA) is 49.9 Å². The third-order valence-corrected chi connectivity index (χ3v) is 3.56. The Morgan fingerprint density at radius 3 is 2.80 bits per heavy atom. The molecule has 108 valence electrons.